The number of non-ortho nitro benzene ring substituents is 1. The van der Waals surface area contributed by atoms with E-state index in [2.05, 4.69) is 10.4 Å². The predicted molar refractivity (Wildman–Crippen MR) is 72.7 cm³/mol. The summed E-state index contributed by atoms with van der Waals surface area (Å²) in [5.74, 6) is -0.483. The highest BCUT2D eigenvalue weighted by atomic mass is 19.4. The van der Waals surface area contributed by atoms with Gasteiger partial charge in [0.25, 0.3) is 11.6 Å². The summed E-state index contributed by atoms with van der Waals surface area (Å²) in [4.78, 5) is 21.7. The van der Waals surface area contributed by atoms with Crippen LogP contribution in [0.5, 0.6) is 0 Å². The summed E-state index contributed by atoms with van der Waals surface area (Å²) in [6.45, 7) is 0.129. The molecule has 122 valence electrons. The summed E-state index contributed by atoms with van der Waals surface area (Å²) in [5, 5.41) is 16.3. The fraction of sp³-hybridized carbons (Fsp3) is 0.231. The Hall–Kier alpha value is -2.91. The smallest absolute Gasteiger partial charge is 0.350 e. The quantitative estimate of drug-likeness (QED) is 0.673. The van der Waals surface area contributed by atoms with Gasteiger partial charge < -0.3 is 5.32 Å². The molecule has 1 N–H and O–H groups in total. The number of hydrogen-bond acceptors (Lipinski definition) is 4. The summed E-state index contributed by atoms with van der Waals surface area (Å²) in [6.07, 6.45) is -3.34. The van der Waals surface area contributed by atoms with Crippen LogP contribution < -0.4 is 5.32 Å². The summed E-state index contributed by atoms with van der Waals surface area (Å²) in [5.41, 5.74) is -0.927. The topological polar surface area (TPSA) is 90.1 Å². The van der Waals surface area contributed by atoms with Crippen LogP contribution in [-0.2, 0) is 12.7 Å². The first-order valence-electron chi connectivity index (χ1n) is 6.40. The minimum Gasteiger partial charge on any atom is -0.350 e. The van der Waals surface area contributed by atoms with Crippen molar-refractivity contribution in [3.63, 3.8) is 0 Å². The monoisotopic (exact) mass is 328 g/mol. The number of amides is 1. The molecule has 7 nitrogen and oxygen atoms in total. The largest absolute Gasteiger partial charge is 0.435 e. The maximum Gasteiger partial charge on any atom is 0.435 e. The number of halogens is 3. The van der Waals surface area contributed by atoms with Gasteiger partial charge >= 0.3 is 6.18 Å². The molecule has 0 aliphatic heterocycles. The van der Waals surface area contributed by atoms with E-state index in [0.29, 0.717) is 0 Å². The molecule has 0 aliphatic rings. The molecule has 0 spiro atoms. The van der Waals surface area contributed by atoms with Crippen molar-refractivity contribution < 1.29 is 22.9 Å². The molecule has 0 fully saturated rings. The van der Waals surface area contributed by atoms with Crippen LogP contribution in [0.3, 0.4) is 0 Å². The van der Waals surface area contributed by atoms with Crippen LogP contribution in [-0.4, -0.2) is 27.2 Å². The fourth-order valence-corrected chi connectivity index (χ4v) is 1.76. The number of nitro benzene ring substituents is 1. The number of benzene rings is 1. The molecule has 1 aromatic carbocycles. The van der Waals surface area contributed by atoms with Gasteiger partial charge in [-0.3, -0.25) is 19.6 Å². The molecule has 0 unspecified atom stereocenters. The molecule has 0 atom stereocenters. The van der Waals surface area contributed by atoms with E-state index in [1.807, 2.05) is 0 Å². The fourth-order valence-electron chi connectivity index (χ4n) is 1.76. The Bertz CT molecular complexity index is 710. The average molecular weight is 328 g/mol. The van der Waals surface area contributed by atoms with E-state index in [1.165, 1.54) is 30.5 Å². The molecular weight excluding hydrogens is 317 g/mol. The summed E-state index contributed by atoms with van der Waals surface area (Å²) < 4.78 is 38.2. The van der Waals surface area contributed by atoms with Gasteiger partial charge in [-0.15, -0.1) is 0 Å². The lowest BCUT2D eigenvalue weighted by molar-refractivity contribution is -0.384. The molecule has 0 aliphatic carbocycles. The number of aromatic nitrogens is 2. The number of alkyl halides is 3. The molecule has 10 heteroatoms. The summed E-state index contributed by atoms with van der Waals surface area (Å²) in [7, 11) is 0. The number of carbonyl (C=O) groups is 1. The maximum absolute atomic E-state index is 12.4. The van der Waals surface area contributed by atoms with Gasteiger partial charge in [-0.25, -0.2) is 0 Å². The standard InChI is InChI=1S/C13H11F3N4O3/c14-13(15,16)11-5-7-19(18-11)8-6-17-12(21)9-1-3-10(4-2-9)20(22)23/h1-5,7H,6,8H2,(H,17,21). The normalized spacial score (nSPS) is 11.3. The first kappa shape index (κ1) is 16.5. The molecule has 0 saturated heterocycles. The van der Waals surface area contributed by atoms with Gasteiger partial charge in [0.1, 0.15) is 0 Å². The first-order chi connectivity index (χ1) is 10.8. The molecule has 2 rings (SSSR count). The molecule has 1 heterocycles. The van der Waals surface area contributed by atoms with Crippen molar-refractivity contribution in [1.82, 2.24) is 15.1 Å². The molecular formula is C13H11F3N4O3. The van der Waals surface area contributed by atoms with Crippen LogP contribution >= 0.6 is 0 Å². The second-order valence-corrected chi connectivity index (χ2v) is 4.52. The Morgan fingerprint density at radius 1 is 1.26 bits per heavy atom. The second kappa shape index (κ2) is 6.46. The lowest BCUT2D eigenvalue weighted by Gasteiger charge is -2.06. The van der Waals surface area contributed by atoms with Crippen molar-refractivity contribution in [3.05, 3.63) is 57.9 Å². The van der Waals surface area contributed by atoms with Crippen molar-refractivity contribution >= 4 is 11.6 Å². The Morgan fingerprint density at radius 3 is 2.43 bits per heavy atom. The van der Waals surface area contributed by atoms with Crippen molar-refractivity contribution in [2.24, 2.45) is 0 Å². The molecule has 0 radical (unpaired) electrons. The van der Waals surface area contributed by atoms with Crippen molar-refractivity contribution in [3.8, 4) is 0 Å². The Morgan fingerprint density at radius 2 is 1.91 bits per heavy atom. The van der Waals surface area contributed by atoms with Crippen LogP contribution in [0.4, 0.5) is 18.9 Å². The van der Waals surface area contributed by atoms with Crippen LogP contribution in [0.25, 0.3) is 0 Å². The van der Waals surface area contributed by atoms with Gasteiger partial charge in [-0.2, -0.15) is 18.3 Å². The number of nitrogens with one attached hydrogen (secondary N) is 1. The van der Waals surface area contributed by atoms with E-state index >= 15 is 0 Å². The highest BCUT2D eigenvalue weighted by molar-refractivity contribution is 5.94. The summed E-state index contributed by atoms with van der Waals surface area (Å²) in [6, 6.07) is 5.82. The van der Waals surface area contributed by atoms with Gasteiger partial charge in [0.15, 0.2) is 5.69 Å². The van der Waals surface area contributed by atoms with E-state index in [0.717, 1.165) is 10.7 Å². The third-order valence-corrected chi connectivity index (χ3v) is 2.90. The van der Waals surface area contributed by atoms with Gasteiger partial charge in [0.05, 0.1) is 11.5 Å². The first-order valence-corrected chi connectivity index (χ1v) is 6.40. The van der Waals surface area contributed by atoms with E-state index in [1.54, 1.807) is 0 Å². The Balaban J connectivity index is 1.87. The predicted octanol–water partition coefficient (Wildman–Crippen LogP) is 2.24. The maximum atomic E-state index is 12.4. The molecule has 23 heavy (non-hydrogen) atoms. The van der Waals surface area contributed by atoms with Gasteiger partial charge in [0.2, 0.25) is 0 Å². The number of nitro groups is 1. The van der Waals surface area contributed by atoms with E-state index in [4.69, 9.17) is 0 Å². The summed E-state index contributed by atoms with van der Waals surface area (Å²) >= 11 is 0. The number of nitrogens with zero attached hydrogens (tertiary/aromatic N) is 3. The van der Waals surface area contributed by atoms with E-state index in [-0.39, 0.29) is 24.3 Å². The van der Waals surface area contributed by atoms with E-state index in [9.17, 15) is 28.1 Å². The van der Waals surface area contributed by atoms with Gasteiger partial charge in [-0.1, -0.05) is 0 Å². The minimum atomic E-state index is -4.51. The highest BCUT2D eigenvalue weighted by Crippen LogP contribution is 2.27. The molecule has 0 saturated carbocycles. The van der Waals surface area contributed by atoms with Gasteiger partial charge in [-0.05, 0) is 18.2 Å². The van der Waals surface area contributed by atoms with Crippen molar-refractivity contribution in [2.45, 2.75) is 12.7 Å². The zero-order chi connectivity index (χ0) is 17.0. The number of carbonyl (C=O) groups excluding carboxylic acids is 1. The van der Waals surface area contributed by atoms with Crippen LogP contribution in [0.15, 0.2) is 36.5 Å². The zero-order valence-electron chi connectivity index (χ0n) is 11.6. The third-order valence-electron chi connectivity index (χ3n) is 2.90. The highest BCUT2D eigenvalue weighted by Gasteiger charge is 2.33. The van der Waals surface area contributed by atoms with Crippen molar-refractivity contribution in [1.29, 1.82) is 0 Å². The zero-order valence-corrected chi connectivity index (χ0v) is 11.6. The Labute approximate surface area is 127 Å². The number of rotatable bonds is 5. The van der Waals surface area contributed by atoms with E-state index < -0.39 is 22.7 Å². The average Bonchev–Trinajstić information content (AvgIpc) is 2.96. The van der Waals surface area contributed by atoms with Crippen molar-refractivity contribution in [2.75, 3.05) is 6.54 Å². The molecule has 1 aromatic heterocycles. The van der Waals surface area contributed by atoms with Gasteiger partial charge in [0, 0.05) is 30.4 Å². The molecule has 1 amide bonds. The third kappa shape index (κ3) is 4.28. The molecule has 2 aromatic rings. The second-order valence-electron chi connectivity index (χ2n) is 4.52. The van der Waals surface area contributed by atoms with Crippen LogP contribution in [0.1, 0.15) is 16.1 Å². The number of hydrogen-bond donors (Lipinski definition) is 1. The van der Waals surface area contributed by atoms with Crippen LogP contribution in [0, 0.1) is 10.1 Å². The SMILES string of the molecule is O=C(NCCn1ccc(C(F)(F)F)n1)c1ccc([N+](=O)[O-])cc1. The Kier molecular flexibility index (Phi) is 4.63. The van der Waals surface area contributed by atoms with Crippen LogP contribution in [0.2, 0.25) is 0 Å². The lowest BCUT2D eigenvalue weighted by Crippen LogP contribution is -2.27. The lowest BCUT2D eigenvalue weighted by atomic mass is 10.2. The molecule has 0 bridgehead atoms. The minimum absolute atomic E-state index is 0.0643.